The average Bonchev–Trinajstić information content (AvgIpc) is 2.49. The molecule has 0 aromatic heterocycles. The molecule has 0 heterocycles. The summed E-state index contributed by atoms with van der Waals surface area (Å²) in [6.45, 7) is 7.12. The van der Waals surface area contributed by atoms with Crippen LogP contribution in [-0.4, -0.2) is 18.0 Å². The largest absolute Gasteiger partial charge is 0.458 e. The molecule has 0 aliphatic rings. The number of benzene rings is 1. The zero-order valence-corrected chi connectivity index (χ0v) is 12.3. The van der Waals surface area contributed by atoms with Gasteiger partial charge in [0.05, 0.1) is 0 Å². The number of halogens is 1. The molecule has 1 unspecified atom stereocenters. The zero-order chi connectivity index (χ0) is 16.4. The van der Waals surface area contributed by atoms with Gasteiger partial charge in [0.15, 0.2) is 11.6 Å². The van der Waals surface area contributed by atoms with Crippen molar-refractivity contribution in [1.82, 2.24) is 0 Å². The van der Waals surface area contributed by atoms with Crippen molar-refractivity contribution in [3.63, 3.8) is 0 Å². The summed E-state index contributed by atoms with van der Waals surface area (Å²) in [4.78, 5) is 23.1. The van der Waals surface area contributed by atoms with Crippen LogP contribution in [0.3, 0.4) is 0 Å². The van der Waals surface area contributed by atoms with E-state index in [1.54, 1.807) is 12.1 Å². The van der Waals surface area contributed by atoms with Gasteiger partial charge < -0.3 is 9.47 Å². The minimum atomic E-state index is -0.603. The number of ether oxygens (including phenoxy) is 2. The average molecular weight is 306 g/mol. The predicted molar refractivity (Wildman–Crippen MR) is 80.8 cm³/mol. The summed E-state index contributed by atoms with van der Waals surface area (Å²) in [6.07, 6.45) is 3.58. The Bertz CT molecular complexity index is 539. The van der Waals surface area contributed by atoms with E-state index in [4.69, 9.17) is 9.47 Å². The number of para-hydroxylation sites is 1. The quantitative estimate of drug-likeness (QED) is 0.397. The second kappa shape index (κ2) is 9.50. The molecule has 0 saturated carbocycles. The Morgan fingerprint density at radius 3 is 2.50 bits per heavy atom. The number of esters is 2. The Kier molecular flexibility index (Phi) is 7.61. The van der Waals surface area contributed by atoms with Gasteiger partial charge >= 0.3 is 11.9 Å². The summed E-state index contributed by atoms with van der Waals surface area (Å²) >= 11 is 0. The van der Waals surface area contributed by atoms with Crippen LogP contribution < -0.4 is 4.74 Å². The molecule has 0 amide bonds. The van der Waals surface area contributed by atoms with Crippen LogP contribution in [0.5, 0.6) is 5.75 Å². The molecule has 118 valence electrons. The van der Waals surface area contributed by atoms with Crippen LogP contribution in [0.4, 0.5) is 4.39 Å². The Morgan fingerprint density at radius 1 is 1.18 bits per heavy atom. The molecule has 0 aliphatic heterocycles. The molecule has 1 atom stereocenters. The molecule has 0 spiro atoms. The van der Waals surface area contributed by atoms with Crippen molar-refractivity contribution in [3.8, 4) is 5.75 Å². The molecule has 5 heteroatoms. The van der Waals surface area contributed by atoms with Crippen LogP contribution in [0.1, 0.15) is 25.7 Å². The van der Waals surface area contributed by atoms with Crippen LogP contribution in [0, 0.1) is 5.82 Å². The molecule has 1 rings (SSSR count). The highest BCUT2D eigenvalue weighted by molar-refractivity contribution is 5.74. The third kappa shape index (κ3) is 6.35. The zero-order valence-electron chi connectivity index (χ0n) is 12.3. The van der Waals surface area contributed by atoms with E-state index in [0.717, 1.165) is 0 Å². The Morgan fingerprint density at radius 2 is 1.86 bits per heavy atom. The van der Waals surface area contributed by atoms with Gasteiger partial charge in [-0.3, -0.25) is 9.59 Å². The van der Waals surface area contributed by atoms with Gasteiger partial charge in [0.2, 0.25) is 0 Å². The van der Waals surface area contributed by atoms with Gasteiger partial charge in [-0.1, -0.05) is 30.9 Å². The smallest absolute Gasteiger partial charge is 0.311 e. The van der Waals surface area contributed by atoms with Crippen molar-refractivity contribution in [2.45, 2.75) is 31.8 Å². The molecule has 0 aliphatic carbocycles. The molecular formula is C17H19FO4. The van der Waals surface area contributed by atoms with E-state index in [9.17, 15) is 14.0 Å². The number of hydrogen-bond donors (Lipinski definition) is 0. The molecule has 0 bridgehead atoms. The van der Waals surface area contributed by atoms with E-state index in [1.165, 1.54) is 24.3 Å². The third-order valence-electron chi connectivity index (χ3n) is 2.77. The fraction of sp³-hybridized carbons (Fsp3) is 0.294. The van der Waals surface area contributed by atoms with Crippen LogP contribution in [0.2, 0.25) is 0 Å². The maximum Gasteiger partial charge on any atom is 0.311 e. The van der Waals surface area contributed by atoms with Crippen LogP contribution in [-0.2, 0) is 14.3 Å². The number of carbonyl (C=O) groups excluding carboxylic acids is 2. The van der Waals surface area contributed by atoms with E-state index in [1.807, 2.05) is 0 Å². The van der Waals surface area contributed by atoms with Gasteiger partial charge in [-0.2, -0.15) is 0 Å². The van der Waals surface area contributed by atoms with Gasteiger partial charge in [0.25, 0.3) is 0 Å². The number of rotatable bonds is 9. The predicted octanol–water partition coefficient (Wildman–Crippen LogP) is 3.58. The van der Waals surface area contributed by atoms with Gasteiger partial charge in [-0.15, -0.1) is 6.58 Å². The fourth-order valence-corrected chi connectivity index (χ4v) is 1.66. The lowest BCUT2D eigenvalue weighted by Gasteiger charge is -2.11. The molecule has 0 N–H and O–H groups in total. The standard InChI is InChI=1S/C17H19FO4/c1-3-8-13(4-2)21-16(19)11-7-12-17(20)22-15-10-6-5-9-14(15)18/h3-6,9-10,13H,1-2,7-8,11-12H2. The van der Waals surface area contributed by atoms with Crippen molar-refractivity contribution < 1.29 is 23.5 Å². The molecule has 22 heavy (non-hydrogen) atoms. The lowest BCUT2D eigenvalue weighted by molar-refractivity contribution is -0.147. The van der Waals surface area contributed by atoms with Crippen molar-refractivity contribution >= 4 is 11.9 Å². The SMILES string of the molecule is C=CCC(C=C)OC(=O)CCCC(=O)Oc1ccccc1F. The molecule has 0 radical (unpaired) electrons. The number of hydrogen-bond acceptors (Lipinski definition) is 4. The number of carbonyl (C=O) groups is 2. The fourth-order valence-electron chi connectivity index (χ4n) is 1.66. The molecule has 4 nitrogen and oxygen atoms in total. The normalized spacial score (nSPS) is 11.3. The molecule has 0 fully saturated rings. The summed E-state index contributed by atoms with van der Waals surface area (Å²) < 4.78 is 23.3. The van der Waals surface area contributed by atoms with E-state index in [0.29, 0.717) is 6.42 Å². The summed E-state index contributed by atoms with van der Waals surface area (Å²) in [5, 5.41) is 0. The second-order valence-corrected chi connectivity index (χ2v) is 4.55. The highest BCUT2D eigenvalue weighted by Crippen LogP contribution is 2.16. The maximum atomic E-state index is 13.3. The van der Waals surface area contributed by atoms with Crippen molar-refractivity contribution in [2.75, 3.05) is 0 Å². The summed E-state index contributed by atoms with van der Waals surface area (Å²) in [5.41, 5.74) is 0. The van der Waals surface area contributed by atoms with Gasteiger partial charge in [-0.25, -0.2) is 4.39 Å². The third-order valence-corrected chi connectivity index (χ3v) is 2.77. The topological polar surface area (TPSA) is 52.6 Å². The first-order chi connectivity index (χ1) is 10.6. The highest BCUT2D eigenvalue weighted by atomic mass is 19.1. The first-order valence-corrected chi connectivity index (χ1v) is 6.95. The monoisotopic (exact) mass is 306 g/mol. The Balaban J connectivity index is 2.30. The van der Waals surface area contributed by atoms with Crippen LogP contribution in [0.25, 0.3) is 0 Å². The van der Waals surface area contributed by atoms with Gasteiger partial charge in [-0.05, 0) is 18.6 Å². The van der Waals surface area contributed by atoms with Crippen molar-refractivity contribution in [1.29, 1.82) is 0 Å². The van der Waals surface area contributed by atoms with E-state index in [2.05, 4.69) is 13.2 Å². The second-order valence-electron chi connectivity index (χ2n) is 4.55. The lowest BCUT2D eigenvalue weighted by atomic mass is 10.2. The first-order valence-electron chi connectivity index (χ1n) is 6.95. The summed E-state index contributed by atoms with van der Waals surface area (Å²) in [5.74, 6) is -1.74. The Labute approximate surface area is 129 Å². The molecule has 1 aromatic rings. The van der Waals surface area contributed by atoms with Crippen LogP contribution >= 0.6 is 0 Å². The molecule has 1 aromatic carbocycles. The molecule has 0 saturated heterocycles. The summed E-state index contributed by atoms with van der Waals surface area (Å²) in [6, 6.07) is 5.64. The van der Waals surface area contributed by atoms with Gasteiger partial charge in [0, 0.05) is 19.3 Å². The Hall–Kier alpha value is -2.43. The minimum absolute atomic E-state index is 0.00362. The minimum Gasteiger partial charge on any atom is -0.458 e. The maximum absolute atomic E-state index is 13.3. The summed E-state index contributed by atoms with van der Waals surface area (Å²) in [7, 11) is 0. The van der Waals surface area contributed by atoms with E-state index in [-0.39, 0.29) is 25.0 Å². The van der Waals surface area contributed by atoms with E-state index >= 15 is 0 Å². The lowest BCUT2D eigenvalue weighted by Crippen LogP contribution is -2.16. The van der Waals surface area contributed by atoms with Crippen molar-refractivity contribution in [3.05, 3.63) is 55.4 Å². The molecular weight excluding hydrogens is 287 g/mol. The van der Waals surface area contributed by atoms with Crippen molar-refractivity contribution in [2.24, 2.45) is 0 Å². The van der Waals surface area contributed by atoms with Crippen LogP contribution in [0.15, 0.2) is 49.6 Å². The first kappa shape index (κ1) is 17.6. The van der Waals surface area contributed by atoms with Gasteiger partial charge in [0.1, 0.15) is 6.10 Å². The van der Waals surface area contributed by atoms with E-state index < -0.39 is 23.9 Å². The highest BCUT2D eigenvalue weighted by Gasteiger charge is 2.12.